The minimum Gasteiger partial charge on any atom is -0.379 e. The second kappa shape index (κ2) is 7.03. The van der Waals surface area contributed by atoms with E-state index in [-0.39, 0.29) is 11.9 Å². The van der Waals surface area contributed by atoms with Gasteiger partial charge in [0.25, 0.3) is 0 Å². The van der Waals surface area contributed by atoms with Crippen molar-refractivity contribution in [3.05, 3.63) is 53.6 Å². The topological polar surface area (TPSA) is 52.0 Å². The van der Waals surface area contributed by atoms with E-state index in [2.05, 4.69) is 30.3 Å². The molecule has 6 heteroatoms. The van der Waals surface area contributed by atoms with Crippen molar-refractivity contribution in [2.45, 2.75) is 38.8 Å². The summed E-state index contributed by atoms with van der Waals surface area (Å²) in [5.74, 6) is -0.223. The first-order valence-electron chi connectivity index (χ1n) is 9.06. The number of hydrogen-bond donors (Lipinski definition) is 1. The van der Waals surface area contributed by atoms with Crippen LogP contribution in [0.25, 0.3) is 11.0 Å². The van der Waals surface area contributed by atoms with E-state index in [0.29, 0.717) is 19.1 Å². The van der Waals surface area contributed by atoms with Gasteiger partial charge in [-0.15, -0.1) is 0 Å². The van der Waals surface area contributed by atoms with Crippen LogP contribution in [0.5, 0.6) is 0 Å². The molecule has 1 aliphatic rings. The molecule has 0 saturated carbocycles. The molecular formula is C20H23FN4O. The Morgan fingerprint density at radius 2 is 2.12 bits per heavy atom. The van der Waals surface area contributed by atoms with E-state index in [9.17, 15) is 4.39 Å². The van der Waals surface area contributed by atoms with Crippen molar-refractivity contribution in [3.8, 4) is 0 Å². The highest BCUT2D eigenvalue weighted by atomic mass is 19.1. The number of hydrogen-bond acceptors (Lipinski definition) is 4. The molecule has 1 aromatic carbocycles. The molecule has 0 radical (unpaired) electrons. The molecule has 26 heavy (non-hydrogen) atoms. The van der Waals surface area contributed by atoms with Gasteiger partial charge in [0.1, 0.15) is 16.9 Å². The summed E-state index contributed by atoms with van der Waals surface area (Å²) < 4.78 is 20.7. The fourth-order valence-electron chi connectivity index (χ4n) is 3.39. The largest absolute Gasteiger partial charge is 0.379 e. The van der Waals surface area contributed by atoms with E-state index in [1.807, 2.05) is 10.9 Å². The highest BCUT2D eigenvalue weighted by molar-refractivity contribution is 5.88. The highest BCUT2D eigenvalue weighted by Gasteiger charge is 2.19. The maximum Gasteiger partial charge on any atom is 0.123 e. The molecule has 4 rings (SSSR count). The van der Waals surface area contributed by atoms with Crippen molar-refractivity contribution >= 4 is 16.7 Å². The predicted molar refractivity (Wildman–Crippen MR) is 100.0 cm³/mol. The Balaban J connectivity index is 1.73. The van der Waals surface area contributed by atoms with Crippen molar-refractivity contribution in [1.29, 1.82) is 0 Å². The summed E-state index contributed by atoms with van der Waals surface area (Å²) in [5.41, 5.74) is 4.90. The molecule has 3 aromatic rings. The average molecular weight is 354 g/mol. The highest BCUT2D eigenvalue weighted by Crippen LogP contribution is 2.28. The summed E-state index contributed by atoms with van der Waals surface area (Å²) in [6.45, 7) is 5.73. The number of nitrogens with one attached hydrogen (secondary N) is 1. The summed E-state index contributed by atoms with van der Waals surface area (Å²) >= 11 is 0. The SMILES string of the molecule is CC(C)n1ncc2nc(Cc3ccc(F)cc3)cc(N[C@@H]3CCOC3)c21. The first-order chi connectivity index (χ1) is 12.6. The van der Waals surface area contributed by atoms with Gasteiger partial charge in [0.15, 0.2) is 0 Å². The van der Waals surface area contributed by atoms with Crippen molar-refractivity contribution in [2.24, 2.45) is 0 Å². The maximum absolute atomic E-state index is 13.2. The monoisotopic (exact) mass is 354 g/mol. The van der Waals surface area contributed by atoms with Gasteiger partial charge in [-0.25, -0.2) is 9.37 Å². The van der Waals surface area contributed by atoms with Gasteiger partial charge in [-0.2, -0.15) is 5.10 Å². The Labute approximate surface area is 152 Å². The Kier molecular flexibility index (Phi) is 4.59. The number of halogens is 1. The number of nitrogens with zero attached hydrogens (tertiary/aromatic N) is 3. The van der Waals surface area contributed by atoms with Crippen LogP contribution < -0.4 is 5.32 Å². The lowest BCUT2D eigenvalue weighted by molar-refractivity contribution is 0.195. The van der Waals surface area contributed by atoms with Gasteiger partial charge in [0, 0.05) is 24.8 Å². The Morgan fingerprint density at radius 3 is 2.81 bits per heavy atom. The van der Waals surface area contributed by atoms with E-state index in [1.165, 1.54) is 12.1 Å². The molecule has 1 atom stereocenters. The third-order valence-electron chi connectivity index (χ3n) is 4.68. The molecule has 0 bridgehead atoms. The van der Waals surface area contributed by atoms with Crippen LogP contribution in [0.2, 0.25) is 0 Å². The smallest absolute Gasteiger partial charge is 0.123 e. The summed E-state index contributed by atoms with van der Waals surface area (Å²) in [6.07, 6.45) is 3.46. The zero-order valence-electron chi connectivity index (χ0n) is 15.1. The zero-order valence-corrected chi connectivity index (χ0v) is 15.1. The van der Waals surface area contributed by atoms with Crippen LogP contribution >= 0.6 is 0 Å². The summed E-state index contributed by atoms with van der Waals surface area (Å²) in [4.78, 5) is 4.78. The van der Waals surface area contributed by atoms with Gasteiger partial charge in [-0.1, -0.05) is 12.1 Å². The quantitative estimate of drug-likeness (QED) is 0.754. The summed E-state index contributed by atoms with van der Waals surface area (Å²) in [5, 5.41) is 8.14. The van der Waals surface area contributed by atoms with Crippen LogP contribution in [0, 0.1) is 5.82 Å². The van der Waals surface area contributed by atoms with Gasteiger partial charge < -0.3 is 10.1 Å². The van der Waals surface area contributed by atoms with Crippen molar-refractivity contribution in [1.82, 2.24) is 14.8 Å². The number of anilines is 1. The van der Waals surface area contributed by atoms with Crippen molar-refractivity contribution in [3.63, 3.8) is 0 Å². The number of pyridine rings is 1. The molecule has 3 heterocycles. The van der Waals surface area contributed by atoms with Crippen LogP contribution in [0.15, 0.2) is 36.5 Å². The molecule has 1 saturated heterocycles. The standard InChI is InChI=1S/C20H23FN4O/c1-13(2)25-20-18(23-16-7-8-26-12-16)10-17(24-19(20)11-22-25)9-14-3-5-15(21)6-4-14/h3-6,10-11,13,16H,7-9,12H2,1-2H3,(H,23,24)/t16-/m1/s1. The molecule has 0 unspecified atom stereocenters. The molecule has 5 nitrogen and oxygen atoms in total. The predicted octanol–water partition coefficient (Wildman–Crippen LogP) is 3.94. The molecule has 0 amide bonds. The van der Waals surface area contributed by atoms with Gasteiger partial charge in [0.2, 0.25) is 0 Å². The number of aromatic nitrogens is 3. The normalized spacial score (nSPS) is 17.3. The molecule has 1 aliphatic heterocycles. The second-order valence-corrected chi connectivity index (χ2v) is 7.09. The van der Waals surface area contributed by atoms with Crippen LogP contribution in [-0.4, -0.2) is 34.0 Å². The van der Waals surface area contributed by atoms with Crippen LogP contribution in [0.4, 0.5) is 10.1 Å². The second-order valence-electron chi connectivity index (χ2n) is 7.09. The minimum absolute atomic E-state index is 0.223. The first-order valence-corrected chi connectivity index (χ1v) is 9.06. The van der Waals surface area contributed by atoms with E-state index >= 15 is 0 Å². The van der Waals surface area contributed by atoms with Gasteiger partial charge >= 0.3 is 0 Å². The fourth-order valence-corrected chi connectivity index (χ4v) is 3.39. The molecule has 136 valence electrons. The van der Waals surface area contributed by atoms with Crippen molar-refractivity contribution in [2.75, 3.05) is 18.5 Å². The molecule has 1 fully saturated rings. The third-order valence-corrected chi connectivity index (χ3v) is 4.68. The minimum atomic E-state index is -0.223. The Bertz CT molecular complexity index is 898. The third kappa shape index (κ3) is 3.42. The molecule has 2 aromatic heterocycles. The van der Waals surface area contributed by atoms with Gasteiger partial charge in [0.05, 0.1) is 24.5 Å². The number of ether oxygens (including phenoxy) is 1. The lowest BCUT2D eigenvalue weighted by Crippen LogP contribution is -2.20. The van der Waals surface area contributed by atoms with Gasteiger partial charge in [-0.05, 0) is 44.0 Å². The van der Waals surface area contributed by atoms with E-state index in [0.717, 1.165) is 41.0 Å². The molecule has 0 aliphatic carbocycles. The number of benzene rings is 1. The zero-order chi connectivity index (χ0) is 18.1. The summed E-state index contributed by atoms with van der Waals surface area (Å²) in [6, 6.07) is 9.21. The van der Waals surface area contributed by atoms with Crippen LogP contribution in [0.3, 0.4) is 0 Å². The fraction of sp³-hybridized carbons (Fsp3) is 0.400. The summed E-state index contributed by atoms with van der Waals surface area (Å²) in [7, 11) is 0. The first kappa shape index (κ1) is 17.0. The maximum atomic E-state index is 13.2. The van der Waals surface area contributed by atoms with Crippen LogP contribution in [-0.2, 0) is 11.2 Å². The Morgan fingerprint density at radius 1 is 1.31 bits per heavy atom. The van der Waals surface area contributed by atoms with E-state index in [1.54, 1.807) is 12.1 Å². The van der Waals surface area contributed by atoms with Gasteiger partial charge in [-0.3, -0.25) is 4.68 Å². The van der Waals surface area contributed by atoms with E-state index in [4.69, 9.17) is 9.72 Å². The molecule has 1 N–H and O–H groups in total. The van der Waals surface area contributed by atoms with E-state index < -0.39 is 0 Å². The molecule has 0 spiro atoms. The molecular weight excluding hydrogens is 331 g/mol. The lowest BCUT2D eigenvalue weighted by Gasteiger charge is -2.17. The number of fused-ring (bicyclic) bond motifs is 1. The van der Waals surface area contributed by atoms with Crippen LogP contribution in [0.1, 0.15) is 37.6 Å². The Hall–Kier alpha value is -2.47. The number of rotatable bonds is 5. The lowest BCUT2D eigenvalue weighted by atomic mass is 10.1. The average Bonchev–Trinajstić information content (AvgIpc) is 3.26. The van der Waals surface area contributed by atoms with Crippen molar-refractivity contribution < 1.29 is 9.13 Å².